The van der Waals surface area contributed by atoms with Crippen molar-refractivity contribution >= 4 is 12.2 Å². The van der Waals surface area contributed by atoms with Crippen molar-refractivity contribution in [3.8, 4) is 11.4 Å². The van der Waals surface area contributed by atoms with E-state index >= 15 is 0 Å². The molecule has 17 heavy (non-hydrogen) atoms. The zero-order valence-corrected chi connectivity index (χ0v) is 10.8. The molecular weight excluding hydrogens is 236 g/mol. The predicted molar refractivity (Wildman–Crippen MR) is 68.6 cm³/mol. The number of rotatable bonds is 2. The Hall–Kier alpha value is -1.69. The summed E-state index contributed by atoms with van der Waals surface area (Å²) in [5, 5.41) is 5.48. The van der Waals surface area contributed by atoms with E-state index in [2.05, 4.69) is 15.2 Å². The Morgan fingerprint density at radius 2 is 2.06 bits per heavy atom. The molecule has 0 aliphatic rings. The van der Waals surface area contributed by atoms with Crippen LogP contribution in [0.3, 0.4) is 0 Å². The van der Waals surface area contributed by atoms with E-state index in [1.807, 2.05) is 26.8 Å². The first-order chi connectivity index (χ1) is 8.00. The van der Waals surface area contributed by atoms with Gasteiger partial charge >= 0.3 is 0 Å². The Labute approximate surface area is 104 Å². The standard InChI is InChI=1S/C11H14N4OS/c1-6(2)15-7(3)4-5-8(10(15)16)9-12-11(17)14-13-9/h4-6H,1-3H3,(H2,12,13,14,17). The van der Waals surface area contributed by atoms with Gasteiger partial charge in [0.1, 0.15) is 0 Å². The van der Waals surface area contributed by atoms with Crippen molar-refractivity contribution in [1.29, 1.82) is 0 Å². The van der Waals surface area contributed by atoms with E-state index < -0.39 is 0 Å². The summed E-state index contributed by atoms with van der Waals surface area (Å²) in [5.74, 6) is 0.481. The van der Waals surface area contributed by atoms with E-state index in [4.69, 9.17) is 12.2 Å². The molecule has 6 heteroatoms. The first-order valence-corrected chi connectivity index (χ1v) is 5.78. The third-order valence-corrected chi connectivity index (χ3v) is 2.79. The van der Waals surface area contributed by atoms with Gasteiger partial charge < -0.3 is 4.57 Å². The van der Waals surface area contributed by atoms with Gasteiger partial charge in [-0.3, -0.25) is 15.0 Å². The Kier molecular flexibility index (Phi) is 2.97. The highest BCUT2D eigenvalue weighted by Crippen LogP contribution is 2.12. The third kappa shape index (κ3) is 2.08. The zero-order chi connectivity index (χ0) is 12.6. The van der Waals surface area contributed by atoms with E-state index in [-0.39, 0.29) is 11.6 Å². The minimum absolute atomic E-state index is 0.0576. The van der Waals surface area contributed by atoms with E-state index in [9.17, 15) is 4.79 Å². The van der Waals surface area contributed by atoms with Crippen molar-refractivity contribution in [2.75, 3.05) is 0 Å². The highest BCUT2D eigenvalue weighted by atomic mass is 32.1. The molecule has 0 fully saturated rings. The van der Waals surface area contributed by atoms with E-state index in [1.54, 1.807) is 10.6 Å². The van der Waals surface area contributed by atoms with E-state index in [1.165, 1.54) is 0 Å². The van der Waals surface area contributed by atoms with E-state index in [0.29, 0.717) is 16.2 Å². The Morgan fingerprint density at radius 3 is 2.59 bits per heavy atom. The van der Waals surface area contributed by atoms with Crippen LogP contribution in [0, 0.1) is 11.7 Å². The number of hydrogen-bond acceptors (Lipinski definition) is 3. The van der Waals surface area contributed by atoms with Gasteiger partial charge in [0.25, 0.3) is 5.56 Å². The number of hydrogen-bond donors (Lipinski definition) is 2. The Balaban J connectivity index is 2.69. The van der Waals surface area contributed by atoms with Crippen molar-refractivity contribution in [3.05, 3.63) is 33.0 Å². The molecule has 2 heterocycles. The molecule has 0 aromatic carbocycles. The maximum absolute atomic E-state index is 12.3. The molecule has 90 valence electrons. The molecule has 5 nitrogen and oxygen atoms in total. The molecule has 0 aliphatic carbocycles. The summed E-state index contributed by atoms with van der Waals surface area (Å²) < 4.78 is 2.08. The molecule has 0 unspecified atom stereocenters. The van der Waals surface area contributed by atoms with Crippen LogP contribution in [0.25, 0.3) is 11.4 Å². The zero-order valence-electron chi connectivity index (χ0n) is 9.94. The smallest absolute Gasteiger partial charge is 0.262 e. The molecule has 0 saturated carbocycles. The molecule has 2 N–H and O–H groups in total. The van der Waals surface area contributed by atoms with Gasteiger partial charge in [0, 0.05) is 11.7 Å². The lowest BCUT2D eigenvalue weighted by Gasteiger charge is -2.14. The topological polar surface area (TPSA) is 66.5 Å². The molecule has 2 aromatic rings. The molecule has 0 atom stereocenters. The largest absolute Gasteiger partial charge is 0.310 e. The second-order valence-corrected chi connectivity index (χ2v) is 4.56. The van der Waals surface area contributed by atoms with Crippen LogP contribution in [0.1, 0.15) is 25.6 Å². The van der Waals surface area contributed by atoms with Crippen molar-refractivity contribution in [2.24, 2.45) is 0 Å². The highest BCUT2D eigenvalue weighted by Gasteiger charge is 2.12. The minimum atomic E-state index is -0.0576. The lowest BCUT2D eigenvalue weighted by atomic mass is 10.2. The van der Waals surface area contributed by atoms with Gasteiger partial charge in [0.05, 0.1) is 5.56 Å². The summed E-state index contributed by atoms with van der Waals surface area (Å²) in [5.41, 5.74) is 1.40. The Bertz CT molecular complexity index is 650. The van der Waals surface area contributed by atoms with Crippen LogP contribution in [-0.2, 0) is 0 Å². The highest BCUT2D eigenvalue weighted by molar-refractivity contribution is 7.71. The molecule has 0 radical (unpaired) electrons. The molecule has 0 bridgehead atoms. The van der Waals surface area contributed by atoms with Gasteiger partial charge in [-0.05, 0) is 45.1 Å². The summed E-state index contributed by atoms with van der Waals surface area (Å²) in [4.78, 5) is 16.4. The van der Waals surface area contributed by atoms with Crippen LogP contribution >= 0.6 is 12.2 Å². The molecule has 0 saturated heterocycles. The van der Waals surface area contributed by atoms with E-state index in [0.717, 1.165) is 5.69 Å². The number of aromatic amines is 2. The van der Waals surface area contributed by atoms with Crippen LogP contribution in [0.5, 0.6) is 0 Å². The van der Waals surface area contributed by atoms with Gasteiger partial charge in [0.15, 0.2) is 5.82 Å². The SMILES string of the molecule is Cc1ccc(-c2nc(=S)[nH][nH]2)c(=O)n1C(C)C. The van der Waals surface area contributed by atoms with Crippen molar-refractivity contribution in [2.45, 2.75) is 26.8 Å². The monoisotopic (exact) mass is 250 g/mol. The Morgan fingerprint density at radius 1 is 1.35 bits per heavy atom. The molecule has 0 spiro atoms. The summed E-state index contributed by atoms with van der Waals surface area (Å²) >= 11 is 4.88. The summed E-state index contributed by atoms with van der Waals surface area (Å²) in [6, 6.07) is 3.78. The summed E-state index contributed by atoms with van der Waals surface area (Å²) in [6.07, 6.45) is 0. The van der Waals surface area contributed by atoms with Crippen molar-refractivity contribution in [3.63, 3.8) is 0 Å². The fourth-order valence-corrected chi connectivity index (χ4v) is 2.01. The molecule has 2 rings (SSSR count). The lowest BCUT2D eigenvalue weighted by molar-refractivity contribution is 0.563. The number of nitrogens with zero attached hydrogens (tertiary/aromatic N) is 2. The van der Waals surface area contributed by atoms with Crippen LogP contribution in [0.15, 0.2) is 16.9 Å². The first kappa shape index (κ1) is 11.8. The lowest BCUT2D eigenvalue weighted by Crippen LogP contribution is -2.25. The van der Waals surface area contributed by atoms with Gasteiger partial charge in [-0.1, -0.05) is 0 Å². The van der Waals surface area contributed by atoms with Gasteiger partial charge in [-0.15, -0.1) is 0 Å². The fourth-order valence-electron chi connectivity index (χ4n) is 1.87. The van der Waals surface area contributed by atoms with Crippen LogP contribution in [-0.4, -0.2) is 19.7 Å². The number of aryl methyl sites for hydroxylation is 1. The number of pyridine rings is 1. The number of H-pyrrole nitrogens is 2. The summed E-state index contributed by atoms with van der Waals surface area (Å²) in [6.45, 7) is 5.87. The van der Waals surface area contributed by atoms with Crippen LogP contribution in [0.2, 0.25) is 0 Å². The fraction of sp³-hybridized carbons (Fsp3) is 0.364. The van der Waals surface area contributed by atoms with Crippen LogP contribution in [0.4, 0.5) is 0 Å². The van der Waals surface area contributed by atoms with Crippen molar-refractivity contribution in [1.82, 2.24) is 19.7 Å². The van der Waals surface area contributed by atoms with Gasteiger partial charge in [-0.2, -0.15) is 4.98 Å². The molecule has 2 aromatic heterocycles. The normalized spacial score (nSPS) is 11.1. The predicted octanol–water partition coefficient (Wildman–Crippen LogP) is 2.19. The second-order valence-electron chi connectivity index (χ2n) is 4.17. The number of aromatic nitrogens is 4. The average molecular weight is 250 g/mol. The summed E-state index contributed by atoms with van der Waals surface area (Å²) in [7, 11) is 0. The number of nitrogens with one attached hydrogen (secondary N) is 2. The first-order valence-electron chi connectivity index (χ1n) is 5.38. The van der Waals surface area contributed by atoms with Gasteiger partial charge in [-0.25, -0.2) is 0 Å². The van der Waals surface area contributed by atoms with Gasteiger partial charge in [0.2, 0.25) is 4.77 Å². The average Bonchev–Trinajstić information content (AvgIpc) is 2.64. The molecular formula is C11H14N4OS. The maximum atomic E-state index is 12.3. The maximum Gasteiger partial charge on any atom is 0.262 e. The van der Waals surface area contributed by atoms with Crippen LogP contribution < -0.4 is 5.56 Å². The molecule has 0 amide bonds. The second kappa shape index (κ2) is 4.29. The quantitative estimate of drug-likeness (QED) is 0.803. The minimum Gasteiger partial charge on any atom is -0.310 e. The van der Waals surface area contributed by atoms with Crippen molar-refractivity contribution < 1.29 is 0 Å². The third-order valence-electron chi connectivity index (χ3n) is 2.59. The molecule has 0 aliphatic heterocycles.